The first-order valence-corrected chi connectivity index (χ1v) is 8.84. The molecule has 1 heterocycles. The zero-order valence-corrected chi connectivity index (χ0v) is 15.5. The van der Waals surface area contributed by atoms with Gasteiger partial charge in [0.25, 0.3) is 0 Å². The highest BCUT2D eigenvalue weighted by Crippen LogP contribution is 2.09. The van der Waals surface area contributed by atoms with E-state index >= 15 is 0 Å². The maximum Gasteiger partial charge on any atom is 0.407 e. The molecule has 1 aromatic rings. The van der Waals surface area contributed by atoms with Crippen LogP contribution < -0.4 is 5.32 Å². The molecule has 0 atom stereocenters. The number of hydrogen-bond donors (Lipinski definition) is 1. The number of piperazine rings is 1. The summed E-state index contributed by atoms with van der Waals surface area (Å²) in [5.74, 6) is 0.0791. The molecule has 1 fully saturated rings. The van der Waals surface area contributed by atoms with Gasteiger partial charge in [-0.2, -0.15) is 0 Å². The summed E-state index contributed by atoms with van der Waals surface area (Å²) in [5.41, 5.74) is 0.771. The third-order valence-corrected chi connectivity index (χ3v) is 3.98. The predicted octanol–water partition coefficient (Wildman–Crippen LogP) is 2.25. The molecule has 1 aromatic carbocycles. The minimum absolute atomic E-state index is 0.0791. The topological polar surface area (TPSA) is 61.9 Å². The van der Waals surface area contributed by atoms with Crippen molar-refractivity contribution in [2.45, 2.75) is 39.3 Å². The second-order valence-corrected chi connectivity index (χ2v) is 7.32. The van der Waals surface area contributed by atoms with Gasteiger partial charge >= 0.3 is 6.09 Å². The second-order valence-electron chi connectivity index (χ2n) is 7.32. The van der Waals surface area contributed by atoms with Gasteiger partial charge in [0.2, 0.25) is 5.91 Å². The maximum absolute atomic E-state index is 12.2. The Morgan fingerprint density at radius 3 is 2.32 bits per heavy atom. The molecular formula is C19H29N3O3. The maximum atomic E-state index is 12.2. The van der Waals surface area contributed by atoms with E-state index in [1.54, 1.807) is 0 Å². The van der Waals surface area contributed by atoms with E-state index in [9.17, 15) is 9.59 Å². The van der Waals surface area contributed by atoms with Crippen molar-refractivity contribution in [1.29, 1.82) is 0 Å². The molecule has 0 aromatic heterocycles. The van der Waals surface area contributed by atoms with Crippen molar-refractivity contribution in [3.8, 4) is 0 Å². The molecular weight excluding hydrogens is 318 g/mol. The van der Waals surface area contributed by atoms with E-state index in [2.05, 4.69) is 22.3 Å². The number of ether oxygens (including phenoxy) is 1. The summed E-state index contributed by atoms with van der Waals surface area (Å²) in [6.45, 7) is 9.88. The first-order valence-electron chi connectivity index (χ1n) is 8.84. The Morgan fingerprint density at radius 2 is 1.72 bits per heavy atom. The summed E-state index contributed by atoms with van der Waals surface area (Å²) in [6.07, 6.45) is -0.175. The van der Waals surface area contributed by atoms with Crippen LogP contribution in [-0.4, -0.2) is 60.1 Å². The van der Waals surface area contributed by atoms with Crippen LogP contribution in [0.25, 0.3) is 0 Å². The van der Waals surface area contributed by atoms with E-state index in [4.69, 9.17) is 4.74 Å². The first kappa shape index (κ1) is 19.2. The van der Waals surface area contributed by atoms with Gasteiger partial charge in [0.05, 0.1) is 0 Å². The van der Waals surface area contributed by atoms with Gasteiger partial charge in [0.1, 0.15) is 5.60 Å². The van der Waals surface area contributed by atoms with E-state index < -0.39 is 11.7 Å². The molecule has 0 spiro atoms. The van der Waals surface area contributed by atoms with Gasteiger partial charge in [-0.3, -0.25) is 9.69 Å². The Morgan fingerprint density at radius 1 is 1.08 bits per heavy atom. The summed E-state index contributed by atoms with van der Waals surface area (Å²) >= 11 is 0. The number of nitrogens with one attached hydrogen (secondary N) is 1. The predicted molar refractivity (Wildman–Crippen MR) is 97.2 cm³/mol. The fourth-order valence-corrected chi connectivity index (χ4v) is 2.74. The Hall–Kier alpha value is -2.08. The zero-order chi connectivity index (χ0) is 18.3. The van der Waals surface area contributed by atoms with Crippen LogP contribution in [0, 0.1) is 0 Å². The lowest BCUT2D eigenvalue weighted by Gasteiger charge is -2.34. The Kier molecular flexibility index (Phi) is 6.82. The molecule has 2 rings (SSSR count). The number of hydrogen-bond acceptors (Lipinski definition) is 4. The fraction of sp³-hybridized carbons (Fsp3) is 0.579. The summed E-state index contributed by atoms with van der Waals surface area (Å²) in [6, 6.07) is 10.4. The van der Waals surface area contributed by atoms with Gasteiger partial charge in [0, 0.05) is 45.7 Å². The summed E-state index contributed by atoms with van der Waals surface area (Å²) in [4.78, 5) is 28.0. The standard InChI is InChI=1S/C19H29N3O3/c1-19(2,3)25-18(24)20-10-9-17(23)22-13-11-21(12-14-22)15-16-7-5-4-6-8-16/h4-8H,9-15H2,1-3H3,(H,20,24). The number of amides is 2. The molecule has 6 nitrogen and oxygen atoms in total. The minimum atomic E-state index is -0.525. The van der Waals surface area contributed by atoms with E-state index in [1.807, 2.05) is 43.9 Å². The van der Waals surface area contributed by atoms with E-state index in [1.165, 1.54) is 5.56 Å². The largest absolute Gasteiger partial charge is 0.444 e. The van der Waals surface area contributed by atoms with Crippen molar-refractivity contribution in [2.75, 3.05) is 32.7 Å². The number of benzene rings is 1. The van der Waals surface area contributed by atoms with E-state index in [0.29, 0.717) is 13.0 Å². The molecule has 1 N–H and O–H groups in total. The fourth-order valence-electron chi connectivity index (χ4n) is 2.74. The van der Waals surface area contributed by atoms with Crippen molar-refractivity contribution in [2.24, 2.45) is 0 Å². The lowest BCUT2D eigenvalue weighted by molar-refractivity contribution is -0.132. The second kappa shape index (κ2) is 8.85. The van der Waals surface area contributed by atoms with Crippen molar-refractivity contribution < 1.29 is 14.3 Å². The van der Waals surface area contributed by atoms with Crippen molar-refractivity contribution in [3.05, 3.63) is 35.9 Å². The lowest BCUT2D eigenvalue weighted by Crippen LogP contribution is -2.48. The summed E-state index contributed by atoms with van der Waals surface area (Å²) in [7, 11) is 0. The van der Waals surface area contributed by atoms with Gasteiger partial charge in [0.15, 0.2) is 0 Å². The van der Waals surface area contributed by atoms with Gasteiger partial charge in [-0.05, 0) is 26.3 Å². The van der Waals surface area contributed by atoms with Gasteiger partial charge in [-0.1, -0.05) is 30.3 Å². The quantitative estimate of drug-likeness (QED) is 0.887. The molecule has 25 heavy (non-hydrogen) atoms. The van der Waals surface area contributed by atoms with Crippen LogP contribution in [0.3, 0.4) is 0 Å². The normalized spacial score (nSPS) is 15.7. The Bertz CT molecular complexity index is 561. The number of carbonyl (C=O) groups is 2. The molecule has 1 aliphatic heterocycles. The van der Waals surface area contributed by atoms with Gasteiger partial charge < -0.3 is 15.0 Å². The van der Waals surface area contributed by atoms with Crippen molar-refractivity contribution in [3.63, 3.8) is 0 Å². The highest BCUT2D eigenvalue weighted by Gasteiger charge is 2.21. The third-order valence-electron chi connectivity index (χ3n) is 3.98. The van der Waals surface area contributed by atoms with Gasteiger partial charge in [-0.25, -0.2) is 4.79 Å². The highest BCUT2D eigenvalue weighted by atomic mass is 16.6. The summed E-state index contributed by atoms with van der Waals surface area (Å²) < 4.78 is 5.15. The van der Waals surface area contributed by atoms with Crippen LogP contribution in [0.4, 0.5) is 4.79 Å². The van der Waals surface area contributed by atoms with Crippen LogP contribution in [0.1, 0.15) is 32.8 Å². The van der Waals surface area contributed by atoms with Crippen molar-refractivity contribution >= 4 is 12.0 Å². The highest BCUT2D eigenvalue weighted by molar-refractivity contribution is 5.77. The van der Waals surface area contributed by atoms with Crippen LogP contribution >= 0.6 is 0 Å². The minimum Gasteiger partial charge on any atom is -0.444 e. The molecule has 1 aliphatic rings. The Labute approximate surface area is 150 Å². The summed E-state index contributed by atoms with van der Waals surface area (Å²) in [5, 5.41) is 2.63. The smallest absolute Gasteiger partial charge is 0.407 e. The molecule has 2 amide bonds. The van der Waals surface area contributed by atoms with Crippen LogP contribution in [-0.2, 0) is 16.1 Å². The number of carbonyl (C=O) groups excluding carboxylic acids is 2. The molecule has 1 saturated heterocycles. The molecule has 6 heteroatoms. The average molecular weight is 347 g/mol. The average Bonchev–Trinajstić information content (AvgIpc) is 2.54. The molecule has 0 bridgehead atoms. The van der Waals surface area contributed by atoms with E-state index in [0.717, 1.165) is 32.7 Å². The monoisotopic (exact) mass is 347 g/mol. The molecule has 0 unspecified atom stereocenters. The molecule has 0 radical (unpaired) electrons. The van der Waals surface area contributed by atoms with Crippen LogP contribution in [0.2, 0.25) is 0 Å². The van der Waals surface area contributed by atoms with Crippen LogP contribution in [0.5, 0.6) is 0 Å². The van der Waals surface area contributed by atoms with Crippen LogP contribution in [0.15, 0.2) is 30.3 Å². The third kappa shape index (κ3) is 7.13. The zero-order valence-electron chi connectivity index (χ0n) is 15.5. The number of rotatable bonds is 5. The molecule has 0 saturated carbocycles. The molecule has 138 valence electrons. The number of nitrogens with zero attached hydrogens (tertiary/aromatic N) is 2. The Balaban J connectivity index is 1.65. The molecule has 0 aliphatic carbocycles. The van der Waals surface area contributed by atoms with Gasteiger partial charge in [-0.15, -0.1) is 0 Å². The SMILES string of the molecule is CC(C)(C)OC(=O)NCCC(=O)N1CCN(Cc2ccccc2)CC1. The lowest BCUT2D eigenvalue weighted by atomic mass is 10.2. The first-order chi connectivity index (χ1) is 11.8. The number of alkyl carbamates (subject to hydrolysis) is 1. The van der Waals surface area contributed by atoms with E-state index in [-0.39, 0.29) is 5.91 Å². The van der Waals surface area contributed by atoms with Crippen molar-refractivity contribution in [1.82, 2.24) is 15.1 Å².